The van der Waals surface area contributed by atoms with Crippen LogP contribution in [-0.4, -0.2) is 71.3 Å². The third kappa shape index (κ3) is 3.90. The van der Waals surface area contributed by atoms with Gasteiger partial charge in [-0.1, -0.05) is 19.4 Å². The molecule has 7 heteroatoms. The van der Waals surface area contributed by atoms with Crippen molar-refractivity contribution >= 4 is 10.9 Å². The van der Waals surface area contributed by atoms with Gasteiger partial charge in [-0.2, -0.15) is 0 Å². The number of fused-ring (bicyclic) bond motifs is 4. The Bertz CT molecular complexity index is 1300. The standard InChI is InChI=1S/C30H38N2O5/c1-4-17-9-16-10-22-29-19(7-8-32(14-16)30(17)22)20-13-26(36-2)21(12-23(20)31-29)28(25(35)15-33)18-5-6-24(34)27(11-18)37-3/h5-6,11-13,16-17,22,25,28,30-31,33-35H,4,7-10,14-15H2,1-3H3/t16-,17+,22+,25+,28-,30+/m1/s1. The molecule has 1 saturated carbocycles. The summed E-state index contributed by atoms with van der Waals surface area (Å²) >= 11 is 0. The van der Waals surface area contributed by atoms with Crippen LogP contribution in [0, 0.1) is 11.8 Å². The summed E-state index contributed by atoms with van der Waals surface area (Å²) in [5.74, 6) is 2.52. The molecule has 3 aliphatic heterocycles. The van der Waals surface area contributed by atoms with Gasteiger partial charge in [-0.05, 0) is 66.5 Å². The van der Waals surface area contributed by atoms with Crippen LogP contribution in [0.1, 0.15) is 60.4 Å². The predicted octanol–water partition coefficient (Wildman–Crippen LogP) is 4.14. The number of aromatic nitrogens is 1. The van der Waals surface area contributed by atoms with E-state index in [9.17, 15) is 15.3 Å². The number of ether oxygens (including phenoxy) is 2. The minimum atomic E-state index is -1.05. The van der Waals surface area contributed by atoms with Crippen LogP contribution in [0.25, 0.3) is 10.9 Å². The van der Waals surface area contributed by atoms with Crippen LogP contribution in [0.4, 0.5) is 0 Å². The molecule has 3 fully saturated rings. The Morgan fingerprint density at radius 1 is 1.11 bits per heavy atom. The third-order valence-corrected chi connectivity index (χ3v) is 9.34. The van der Waals surface area contributed by atoms with Gasteiger partial charge < -0.3 is 29.8 Å². The van der Waals surface area contributed by atoms with Crippen molar-refractivity contribution in [3.63, 3.8) is 0 Å². The number of aliphatic hydroxyl groups is 2. The largest absolute Gasteiger partial charge is 0.504 e. The Morgan fingerprint density at radius 2 is 1.92 bits per heavy atom. The van der Waals surface area contributed by atoms with E-state index in [2.05, 4.69) is 28.9 Å². The maximum Gasteiger partial charge on any atom is 0.160 e. The summed E-state index contributed by atoms with van der Waals surface area (Å²) in [7, 11) is 3.15. The summed E-state index contributed by atoms with van der Waals surface area (Å²) in [5.41, 5.74) is 5.35. The lowest BCUT2D eigenvalue weighted by molar-refractivity contribution is -0.0134. The highest BCUT2D eigenvalue weighted by molar-refractivity contribution is 5.88. The maximum absolute atomic E-state index is 11.0. The second-order valence-electron chi connectivity index (χ2n) is 11.2. The van der Waals surface area contributed by atoms with Gasteiger partial charge in [0.1, 0.15) is 5.75 Å². The van der Waals surface area contributed by atoms with E-state index in [1.165, 1.54) is 49.6 Å². The molecular weight excluding hydrogens is 468 g/mol. The molecule has 4 heterocycles. The highest BCUT2D eigenvalue weighted by Crippen LogP contribution is 2.51. The number of benzene rings is 2. The van der Waals surface area contributed by atoms with Crippen molar-refractivity contribution in [3.05, 3.63) is 52.7 Å². The summed E-state index contributed by atoms with van der Waals surface area (Å²) in [4.78, 5) is 6.59. The van der Waals surface area contributed by atoms with E-state index in [-0.39, 0.29) is 5.75 Å². The van der Waals surface area contributed by atoms with Gasteiger partial charge in [-0.15, -0.1) is 0 Å². The van der Waals surface area contributed by atoms with Crippen LogP contribution < -0.4 is 9.47 Å². The molecule has 1 unspecified atom stereocenters. The van der Waals surface area contributed by atoms with E-state index in [1.807, 2.05) is 0 Å². The van der Waals surface area contributed by atoms with Crippen LogP contribution in [0.5, 0.6) is 17.2 Å². The fourth-order valence-corrected chi connectivity index (χ4v) is 7.76. The van der Waals surface area contributed by atoms with Crippen LogP contribution in [-0.2, 0) is 6.42 Å². The Balaban J connectivity index is 1.49. The Labute approximate surface area is 218 Å². The SMILES string of the molecule is CC[C@H]1C[C@@H]2C[C@H]3c4[nH]c5cc([C@@H](c6ccc(O)c(OC)c6)[C@@H](O)CO)c(OC)cc5c4CCN(C2)[C@@H]13. The minimum absolute atomic E-state index is 0.0280. The number of phenolic OH excluding ortho intramolecular Hbond substituents is 1. The van der Waals surface area contributed by atoms with Gasteiger partial charge in [0.15, 0.2) is 11.5 Å². The van der Waals surface area contributed by atoms with Crippen LogP contribution >= 0.6 is 0 Å². The smallest absolute Gasteiger partial charge is 0.160 e. The average Bonchev–Trinajstić information content (AvgIpc) is 3.24. The van der Waals surface area contributed by atoms with Gasteiger partial charge in [0.05, 0.1) is 26.9 Å². The van der Waals surface area contributed by atoms with E-state index >= 15 is 0 Å². The molecule has 7 nitrogen and oxygen atoms in total. The van der Waals surface area contributed by atoms with Gasteiger partial charge in [0.2, 0.25) is 0 Å². The normalized spacial score (nSPS) is 28.0. The van der Waals surface area contributed by atoms with Crippen molar-refractivity contribution in [1.82, 2.24) is 9.88 Å². The first-order valence-electron chi connectivity index (χ1n) is 13.6. The lowest BCUT2D eigenvalue weighted by Crippen LogP contribution is -2.56. The monoisotopic (exact) mass is 506 g/mol. The number of H-pyrrole nitrogens is 1. The molecule has 4 bridgehead atoms. The number of nitrogens with zero attached hydrogens (tertiary/aromatic N) is 1. The van der Waals surface area contributed by atoms with Gasteiger partial charge in [-0.25, -0.2) is 0 Å². The molecule has 2 aromatic carbocycles. The number of aliphatic hydroxyl groups excluding tert-OH is 2. The first kappa shape index (κ1) is 24.6. The zero-order valence-electron chi connectivity index (χ0n) is 21.9. The number of hydrogen-bond acceptors (Lipinski definition) is 6. The number of hydrogen-bond donors (Lipinski definition) is 4. The molecule has 37 heavy (non-hydrogen) atoms. The van der Waals surface area contributed by atoms with Crippen molar-refractivity contribution < 1.29 is 24.8 Å². The van der Waals surface area contributed by atoms with Crippen molar-refractivity contribution in [3.8, 4) is 17.2 Å². The molecule has 7 rings (SSSR count). The third-order valence-electron chi connectivity index (χ3n) is 9.34. The quantitative estimate of drug-likeness (QED) is 0.385. The molecule has 4 aliphatic rings. The lowest BCUT2D eigenvalue weighted by Gasteiger charge is -2.53. The molecule has 1 aliphatic carbocycles. The number of aromatic hydroxyl groups is 1. The number of phenols is 1. The summed E-state index contributed by atoms with van der Waals surface area (Å²) in [6.07, 6.45) is 3.81. The Kier molecular flexibility index (Phi) is 6.33. The fourth-order valence-electron chi connectivity index (χ4n) is 7.76. The molecule has 2 saturated heterocycles. The van der Waals surface area contributed by atoms with Crippen molar-refractivity contribution in [1.29, 1.82) is 0 Å². The maximum atomic E-state index is 11.0. The molecular formula is C30H38N2O5. The van der Waals surface area contributed by atoms with Gasteiger partial charge in [0.25, 0.3) is 0 Å². The van der Waals surface area contributed by atoms with E-state index in [0.29, 0.717) is 23.5 Å². The molecule has 0 spiro atoms. The van der Waals surface area contributed by atoms with E-state index in [0.717, 1.165) is 41.4 Å². The van der Waals surface area contributed by atoms with E-state index in [1.54, 1.807) is 25.3 Å². The Morgan fingerprint density at radius 3 is 2.65 bits per heavy atom. The zero-order chi connectivity index (χ0) is 25.8. The number of rotatable bonds is 7. The summed E-state index contributed by atoms with van der Waals surface area (Å²) < 4.78 is 11.2. The average molecular weight is 507 g/mol. The predicted molar refractivity (Wildman–Crippen MR) is 143 cm³/mol. The second kappa shape index (κ2) is 9.53. The molecule has 7 atom stereocenters. The molecule has 0 radical (unpaired) electrons. The topological polar surface area (TPSA) is 98.2 Å². The van der Waals surface area contributed by atoms with Crippen molar-refractivity contribution in [2.75, 3.05) is 33.9 Å². The van der Waals surface area contributed by atoms with E-state index in [4.69, 9.17) is 9.47 Å². The van der Waals surface area contributed by atoms with Crippen LogP contribution in [0.3, 0.4) is 0 Å². The summed E-state index contributed by atoms with van der Waals surface area (Å²) in [5, 5.41) is 32.3. The Hall–Kier alpha value is -2.74. The number of methoxy groups -OCH3 is 2. The lowest BCUT2D eigenvalue weighted by atomic mass is 9.65. The zero-order valence-corrected chi connectivity index (χ0v) is 21.9. The van der Waals surface area contributed by atoms with Crippen molar-refractivity contribution in [2.45, 2.75) is 56.6 Å². The summed E-state index contributed by atoms with van der Waals surface area (Å²) in [6.45, 7) is 4.27. The highest BCUT2D eigenvalue weighted by Gasteiger charge is 2.48. The number of piperidine rings is 2. The second-order valence-corrected chi connectivity index (χ2v) is 11.2. The van der Waals surface area contributed by atoms with Crippen LogP contribution in [0.15, 0.2) is 30.3 Å². The number of nitrogens with one attached hydrogen (secondary N) is 1. The fraction of sp³-hybridized carbons (Fsp3) is 0.533. The van der Waals surface area contributed by atoms with Crippen molar-refractivity contribution in [2.24, 2.45) is 11.8 Å². The molecule has 4 N–H and O–H groups in total. The van der Waals surface area contributed by atoms with Crippen LogP contribution in [0.2, 0.25) is 0 Å². The van der Waals surface area contributed by atoms with Gasteiger partial charge in [0, 0.05) is 53.1 Å². The number of aromatic amines is 1. The highest BCUT2D eigenvalue weighted by atomic mass is 16.5. The van der Waals surface area contributed by atoms with Gasteiger partial charge >= 0.3 is 0 Å². The molecule has 3 aromatic rings. The molecule has 1 aromatic heterocycles. The minimum Gasteiger partial charge on any atom is -0.504 e. The first-order chi connectivity index (χ1) is 18.0. The summed E-state index contributed by atoms with van der Waals surface area (Å²) in [6, 6.07) is 9.83. The van der Waals surface area contributed by atoms with E-state index < -0.39 is 18.6 Å². The molecule has 0 amide bonds. The first-order valence-corrected chi connectivity index (χ1v) is 13.6. The van der Waals surface area contributed by atoms with Gasteiger partial charge in [-0.3, -0.25) is 4.90 Å². The molecule has 198 valence electrons.